The van der Waals surface area contributed by atoms with Gasteiger partial charge in [-0.1, -0.05) is 20.3 Å². The van der Waals surface area contributed by atoms with Gasteiger partial charge < -0.3 is 15.0 Å². The first-order valence-electron chi connectivity index (χ1n) is 8.19. The highest BCUT2D eigenvalue weighted by molar-refractivity contribution is 4.91. The number of nitrogens with one attached hydrogen (secondary N) is 1. The molecular formula is C16H32N2O. The average Bonchev–Trinajstić information content (AvgIpc) is 2.33. The molecule has 1 atom stereocenters. The third kappa shape index (κ3) is 4.44. The summed E-state index contributed by atoms with van der Waals surface area (Å²) in [5, 5.41) is 3.53. The van der Waals surface area contributed by atoms with E-state index in [1.54, 1.807) is 0 Å². The van der Waals surface area contributed by atoms with E-state index in [0.717, 1.165) is 13.2 Å². The predicted octanol–water partition coefficient (Wildman–Crippen LogP) is 2.80. The Balaban J connectivity index is 1.72. The number of likely N-dealkylation sites (tertiary alicyclic amines) is 1. The number of nitrogens with zero attached hydrogens (tertiary/aromatic N) is 1. The summed E-state index contributed by atoms with van der Waals surface area (Å²) in [7, 11) is 2.25. The van der Waals surface area contributed by atoms with E-state index in [2.05, 4.69) is 31.1 Å². The molecule has 3 heteroatoms. The number of hydrogen-bond donors (Lipinski definition) is 1. The molecule has 1 N–H and O–H groups in total. The number of rotatable bonds is 7. The van der Waals surface area contributed by atoms with Crippen LogP contribution in [0.5, 0.6) is 0 Å². The van der Waals surface area contributed by atoms with Gasteiger partial charge in [-0.2, -0.15) is 0 Å². The van der Waals surface area contributed by atoms with E-state index < -0.39 is 0 Å². The molecule has 1 saturated heterocycles. The minimum absolute atomic E-state index is 0.209. The highest BCUT2D eigenvalue weighted by Crippen LogP contribution is 2.38. The molecule has 0 aromatic heterocycles. The molecule has 19 heavy (non-hydrogen) atoms. The van der Waals surface area contributed by atoms with Crippen molar-refractivity contribution in [1.82, 2.24) is 10.2 Å². The van der Waals surface area contributed by atoms with Gasteiger partial charge >= 0.3 is 0 Å². The molecule has 1 heterocycles. The van der Waals surface area contributed by atoms with Gasteiger partial charge in [-0.05, 0) is 58.7 Å². The Kier molecular flexibility index (Phi) is 5.67. The van der Waals surface area contributed by atoms with Crippen molar-refractivity contribution in [3.63, 3.8) is 0 Å². The van der Waals surface area contributed by atoms with Crippen molar-refractivity contribution in [2.24, 2.45) is 0 Å². The number of likely N-dealkylation sites (N-methyl/N-ethyl adjacent to an activating group) is 1. The summed E-state index contributed by atoms with van der Waals surface area (Å²) >= 11 is 0. The van der Waals surface area contributed by atoms with Crippen molar-refractivity contribution in [3.8, 4) is 0 Å². The lowest BCUT2D eigenvalue weighted by Crippen LogP contribution is -2.47. The van der Waals surface area contributed by atoms with E-state index in [0.29, 0.717) is 12.1 Å². The molecule has 112 valence electrons. The molecule has 0 amide bonds. The van der Waals surface area contributed by atoms with E-state index in [1.807, 2.05) is 0 Å². The van der Waals surface area contributed by atoms with Gasteiger partial charge in [0.2, 0.25) is 0 Å². The zero-order chi connectivity index (χ0) is 13.7. The lowest BCUT2D eigenvalue weighted by Gasteiger charge is -2.44. The fourth-order valence-electron chi connectivity index (χ4n) is 3.25. The zero-order valence-electron chi connectivity index (χ0n) is 13.1. The third-order valence-corrected chi connectivity index (χ3v) is 4.90. The van der Waals surface area contributed by atoms with Crippen LogP contribution in [0, 0.1) is 0 Å². The fourth-order valence-corrected chi connectivity index (χ4v) is 3.25. The van der Waals surface area contributed by atoms with Crippen molar-refractivity contribution in [1.29, 1.82) is 0 Å². The molecule has 1 unspecified atom stereocenters. The first kappa shape index (κ1) is 15.3. The first-order valence-corrected chi connectivity index (χ1v) is 8.19. The zero-order valence-corrected chi connectivity index (χ0v) is 13.1. The quantitative estimate of drug-likeness (QED) is 0.768. The van der Waals surface area contributed by atoms with E-state index >= 15 is 0 Å². The van der Waals surface area contributed by atoms with Gasteiger partial charge in [-0.3, -0.25) is 0 Å². The van der Waals surface area contributed by atoms with Crippen molar-refractivity contribution in [2.45, 2.75) is 76.5 Å². The molecule has 0 bridgehead atoms. The number of piperidine rings is 1. The van der Waals surface area contributed by atoms with Gasteiger partial charge in [-0.25, -0.2) is 0 Å². The highest BCUT2D eigenvalue weighted by Gasteiger charge is 2.38. The molecule has 2 rings (SSSR count). The number of hydrogen-bond acceptors (Lipinski definition) is 3. The predicted molar refractivity (Wildman–Crippen MR) is 80.6 cm³/mol. The van der Waals surface area contributed by atoms with Gasteiger partial charge in [0.15, 0.2) is 0 Å². The van der Waals surface area contributed by atoms with Crippen LogP contribution in [0.3, 0.4) is 0 Å². The van der Waals surface area contributed by atoms with Gasteiger partial charge in [0.25, 0.3) is 0 Å². The summed E-state index contributed by atoms with van der Waals surface area (Å²) in [6, 6.07) is 1.24. The number of ether oxygens (including phenoxy) is 1. The molecule has 3 nitrogen and oxygen atoms in total. The van der Waals surface area contributed by atoms with Crippen molar-refractivity contribution >= 4 is 0 Å². The van der Waals surface area contributed by atoms with Crippen molar-refractivity contribution in [3.05, 3.63) is 0 Å². The Morgan fingerprint density at radius 2 is 2.05 bits per heavy atom. The summed E-state index contributed by atoms with van der Waals surface area (Å²) < 4.78 is 6.38. The second-order valence-electron chi connectivity index (χ2n) is 6.84. The van der Waals surface area contributed by atoms with Gasteiger partial charge in [-0.15, -0.1) is 0 Å². The maximum Gasteiger partial charge on any atom is 0.0695 e. The van der Waals surface area contributed by atoms with Crippen LogP contribution in [0.2, 0.25) is 0 Å². The molecule has 2 aliphatic rings. The summed E-state index contributed by atoms with van der Waals surface area (Å²) in [4.78, 5) is 2.49. The Hall–Kier alpha value is -0.120. The standard InChI is InChI=1S/C16H32N2O/c1-14(2)17-11-10-16(8-6-9-16)19-13-15-7-4-5-12-18(15)3/h14-15,17H,4-13H2,1-3H3. The van der Waals surface area contributed by atoms with Crippen LogP contribution in [0.1, 0.15) is 58.8 Å². The summed E-state index contributed by atoms with van der Waals surface area (Å²) in [6.07, 6.45) is 9.11. The Labute approximate surface area is 119 Å². The molecule has 2 fully saturated rings. The van der Waals surface area contributed by atoms with E-state index in [-0.39, 0.29) is 5.60 Å². The Morgan fingerprint density at radius 3 is 2.63 bits per heavy atom. The monoisotopic (exact) mass is 268 g/mol. The fraction of sp³-hybridized carbons (Fsp3) is 1.00. The van der Waals surface area contributed by atoms with Crippen LogP contribution < -0.4 is 5.32 Å². The maximum atomic E-state index is 6.38. The summed E-state index contributed by atoms with van der Waals surface area (Å²) in [5.74, 6) is 0. The lowest BCUT2D eigenvalue weighted by atomic mass is 9.77. The molecule has 1 saturated carbocycles. The molecule has 1 aliphatic heterocycles. The second kappa shape index (κ2) is 7.05. The summed E-state index contributed by atoms with van der Waals surface area (Å²) in [6.45, 7) is 7.71. The third-order valence-electron chi connectivity index (χ3n) is 4.90. The lowest BCUT2D eigenvalue weighted by molar-refractivity contribution is -0.121. The molecular weight excluding hydrogens is 236 g/mol. The molecule has 1 aliphatic carbocycles. The molecule has 0 spiro atoms. The Bertz CT molecular complexity index is 263. The summed E-state index contributed by atoms with van der Waals surface area (Å²) in [5.41, 5.74) is 0.209. The normalized spacial score (nSPS) is 27.5. The smallest absolute Gasteiger partial charge is 0.0695 e. The van der Waals surface area contributed by atoms with Crippen molar-refractivity contribution in [2.75, 3.05) is 26.7 Å². The second-order valence-corrected chi connectivity index (χ2v) is 6.84. The van der Waals surface area contributed by atoms with Crippen LogP contribution in [0.4, 0.5) is 0 Å². The van der Waals surface area contributed by atoms with Crippen LogP contribution in [-0.4, -0.2) is 49.3 Å². The average molecular weight is 268 g/mol. The topological polar surface area (TPSA) is 24.5 Å². The van der Waals surface area contributed by atoms with E-state index in [9.17, 15) is 0 Å². The largest absolute Gasteiger partial charge is 0.373 e. The molecule has 0 aromatic carbocycles. The van der Waals surface area contributed by atoms with Crippen LogP contribution in [0.15, 0.2) is 0 Å². The minimum atomic E-state index is 0.209. The SMILES string of the molecule is CC(C)NCCC1(OCC2CCCCN2C)CCC1. The molecule has 0 aromatic rings. The molecule has 0 radical (unpaired) electrons. The van der Waals surface area contributed by atoms with Crippen LogP contribution in [-0.2, 0) is 4.74 Å². The van der Waals surface area contributed by atoms with E-state index in [4.69, 9.17) is 4.74 Å². The highest BCUT2D eigenvalue weighted by atomic mass is 16.5. The van der Waals surface area contributed by atoms with Crippen LogP contribution in [0.25, 0.3) is 0 Å². The van der Waals surface area contributed by atoms with Crippen molar-refractivity contribution < 1.29 is 4.74 Å². The van der Waals surface area contributed by atoms with Gasteiger partial charge in [0.1, 0.15) is 0 Å². The van der Waals surface area contributed by atoms with Gasteiger partial charge in [0.05, 0.1) is 12.2 Å². The Morgan fingerprint density at radius 1 is 1.26 bits per heavy atom. The maximum absolute atomic E-state index is 6.38. The van der Waals surface area contributed by atoms with E-state index in [1.165, 1.54) is 51.5 Å². The minimum Gasteiger partial charge on any atom is -0.373 e. The van der Waals surface area contributed by atoms with Crippen LogP contribution >= 0.6 is 0 Å². The van der Waals surface area contributed by atoms with Gasteiger partial charge in [0, 0.05) is 12.1 Å². The first-order chi connectivity index (χ1) is 9.11.